The number of benzene rings is 2. The monoisotopic (exact) mass is 574 g/mol. The molecule has 0 atom stereocenters. The number of rotatable bonds is 12. The molecule has 0 saturated heterocycles. The molecular weight excluding hydrogens is 545 g/mol. The minimum atomic E-state index is -4.70. The highest BCUT2D eigenvalue weighted by Crippen LogP contribution is 2.36. The van der Waals surface area contributed by atoms with Crippen molar-refractivity contribution >= 4 is 39.8 Å². The van der Waals surface area contributed by atoms with Crippen LogP contribution in [0.25, 0.3) is 6.08 Å². The lowest BCUT2D eigenvalue weighted by molar-refractivity contribution is -0.114. The summed E-state index contributed by atoms with van der Waals surface area (Å²) >= 11 is 0.203. The molecule has 0 fully saturated rings. The number of hydrazone groups is 1. The van der Waals surface area contributed by atoms with Gasteiger partial charge in [0.2, 0.25) is 10.2 Å². The number of fused-ring (bicyclic) bond motifs is 1. The van der Waals surface area contributed by atoms with Crippen LogP contribution in [0, 0.1) is 5.41 Å². The summed E-state index contributed by atoms with van der Waals surface area (Å²) in [5.41, 5.74) is 1.55. The number of thioether (sulfide) groups is 1. The van der Waals surface area contributed by atoms with E-state index in [1.165, 1.54) is 44.4 Å². The SMILES string of the molecule is CCCCCCc1ccc(OCCOc2ccc(C=C3C(=N)N4N=C(C(F)(F)F)SC4=NC3=O)cc2OC)cc1. The third-order valence-electron chi connectivity index (χ3n) is 6.05. The molecule has 40 heavy (non-hydrogen) atoms. The van der Waals surface area contributed by atoms with Crippen molar-refractivity contribution < 1.29 is 32.2 Å². The second kappa shape index (κ2) is 13.0. The molecule has 0 radical (unpaired) electrons. The van der Waals surface area contributed by atoms with Crippen LogP contribution in [0.3, 0.4) is 0 Å². The van der Waals surface area contributed by atoms with Gasteiger partial charge in [0.1, 0.15) is 19.0 Å². The Kier molecular flexibility index (Phi) is 9.51. The first-order chi connectivity index (χ1) is 19.2. The number of halogens is 3. The smallest absolute Gasteiger partial charge is 0.441 e. The number of hydrogen-bond donors (Lipinski definition) is 1. The van der Waals surface area contributed by atoms with Gasteiger partial charge in [0.05, 0.1) is 12.7 Å². The van der Waals surface area contributed by atoms with Gasteiger partial charge in [-0.1, -0.05) is 44.4 Å². The van der Waals surface area contributed by atoms with Crippen LogP contribution in [0.5, 0.6) is 17.2 Å². The van der Waals surface area contributed by atoms with Crippen molar-refractivity contribution in [2.75, 3.05) is 20.3 Å². The molecule has 0 saturated carbocycles. The standard InChI is InChI=1S/C28H29F3N4O4S/c1-3-4-5-6-7-18-8-11-20(12-9-18)38-14-15-39-22-13-10-19(17-23(22)37-2)16-21-24(32)35-27(33-25(21)36)40-26(34-35)28(29,30)31/h8-13,16-17,32H,3-7,14-15H2,1-2H3. The Bertz CT molecular complexity index is 1340. The third kappa shape index (κ3) is 7.23. The molecule has 0 bridgehead atoms. The Hall–Kier alpha value is -3.80. The van der Waals surface area contributed by atoms with Gasteiger partial charge >= 0.3 is 6.18 Å². The molecule has 2 heterocycles. The second-order valence-corrected chi connectivity index (χ2v) is 9.94. The molecule has 4 rings (SSSR count). The van der Waals surface area contributed by atoms with Crippen molar-refractivity contribution in [2.45, 2.75) is 45.2 Å². The average molecular weight is 575 g/mol. The molecule has 1 amide bonds. The fourth-order valence-electron chi connectivity index (χ4n) is 3.99. The number of amides is 1. The van der Waals surface area contributed by atoms with E-state index >= 15 is 0 Å². The van der Waals surface area contributed by atoms with Crippen LogP contribution in [0.1, 0.15) is 43.7 Å². The van der Waals surface area contributed by atoms with Gasteiger partial charge in [0, 0.05) is 0 Å². The number of ether oxygens (including phenoxy) is 3. The highest BCUT2D eigenvalue weighted by molar-refractivity contribution is 8.27. The first kappa shape index (κ1) is 29.2. The van der Waals surface area contributed by atoms with Gasteiger partial charge in [-0.15, -0.1) is 0 Å². The van der Waals surface area contributed by atoms with Crippen molar-refractivity contribution in [3.8, 4) is 17.2 Å². The summed E-state index contributed by atoms with van der Waals surface area (Å²) in [6, 6.07) is 12.9. The maximum absolute atomic E-state index is 13.0. The lowest BCUT2D eigenvalue weighted by Gasteiger charge is -2.20. The summed E-state index contributed by atoms with van der Waals surface area (Å²) in [6.07, 6.45) is 2.60. The van der Waals surface area contributed by atoms with E-state index in [9.17, 15) is 18.0 Å². The molecule has 0 unspecified atom stereocenters. The number of nitrogens with zero attached hydrogens (tertiary/aromatic N) is 3. The number of aliphatic imine (C=N–C) groups is 1. The lowest BCUT2D eigenvalue weighted by atomic mass is 10.1. The highest BCUT2D eigenvalue weighted by atomic mass is 32.2. The summed E-state index contributed by atoms with van der Waals surface area (Å²) in [4.78, 5) is 16.1. The van der Waals surface area contributed by atoms with Gasteiger partial charge in [-0.2, -0.15) is 28.3 Å². The van der Waals surface area contributed by atoms with Crippen LogP contribution in [-0.2, 0) is 11.2 Å². The molecule has 12 heteroatoms. The van der Waals surface area contributed by atoms with Gasteiger partial charge in [-0.3, -0.25) is 10.2 Å². The molecule has 2 aliphatic heterocycles. The molecule has 2 aromatic rings. The topological polar surface area (TPSA) is 96.6 Å². The fraction of sp³-hybridized carbons (Fsp3) is 0.357. The van der Waals surface area contributed by atoms with E-state index in [1.54, 1.807) is 18.2 Å². The van der Waals surface area contributed by atoms with E-state index in [1.807, 2.05) is 12.1 Å². The van der Waals surface area contributed by atoms with Gasteiger partial charge < -0.3 is 14.2 Å². The van der Waals surface area contributed by atoms with E-state index < -0.39 is 23.0 Å². The summed E-state index contributed by atoms with van der Waals surface area (Å²) in [5, 5.41) is 10.8. The maximum Gasteiger partial charge on any atom is 0.441 e. The van der Waals surface area contributed by atoms with Crippen molar-refractivity contribution in [3.63, 3.8) is 0 Å². The lowest BCUT2D eigenvalue weighted by Crippen LogP contribution is -2.35. The van der Waals surface area contributed by atoms with E-state index in [-0.39, 0.29) is 29.1 Å². The second-order valence-electron chi connectivity index (χ2n) is 8.98. The minimum Gasteiger partial charge on any atom is -0.493 e. The number of aryl methyl sites for hydroxylation is 1. The minimum absolute atomic E-state index is 0.201. The summed E-state index contributed by atoms with van der Waals surface area (Å²) in [6.45, 7) is 2.76. The molecule has 212 valence electrons. The molecule has 2 aliphatic rings. The molecule has 0 aromatic heterocycles. The number of methoxy groups -OCH3 is 1. The van der Waals surface area contributed by atoms with Crippen LogP contribution in [-0.4, -0.2) is 53.5 Å². The Morgan fingerprint density at radius 2 is 1.77 bits per heavy atom. The van der Waals surface area contributed by atoms with Gasteiger partial charge in [-0.25, -0.2) is 0 Å². The summed E-state index contributed by atoms with van der Waals surface area (Å²) < 4.78 is 56.0. The van der Waals surface area contributed by atoms with Crippen LogP contribution < -0.4 is 14.2 Å². The molecule has 1 N–H and O–H groups in total. The van der Waals surface area contributed by atoms with Gasteiger partial charge in [0.25, 0.3) is 5.91 Å². The number of carbonyl (C=O) groups is 1. The van der Waals surface area contributed by atoms with E-state index in [2.05, 4.69) is 29.2 Å². The van der Waals surface area contributed by atoms with E-state index in [0.717, 1.165) is 12.2 Å². The first-order valence-corrected chi connectivity index (χ1v) is 13.6. The third-order valence-corrected chi connectivity index (χ3v) is 7.00. The van der Waals surface area contributed by atoms with Crippen LogP contribution >= 0.6 is 11.8 Å². The fourth-order valence-corrected chi connectivity index (χ4v) is 4.74. The highest BCUT2D eigenvalue weighted by Gasteiger charge is 2.46. The van der Waals surface area contributed by atoms with Crippen LogP contribution in [0.15, 0.2) is 58.1 Å². The Morgan fingerprint density at radius 3 is 2.48 bits per heavy atom. The number of unbranched alkanes of at least 4 members (excludes halogenated alkanes) is 3. The maximum atomic E-state index is 13.0. The van der Waals surface area contributed by atoms with Crippen LogP contribution in [0.2, 0.25) is 0 Å². The zero-order chi connectivity index (χ0) is 28.7. The van der Waals surface area contributed by atoms with Gasteiger partial charge in [-0.05, 0) is 66.1 Å². The van der Waals surface area contributed by atoms with Crippen molar-refractivity contribution in [3.05, 3.63) is 59.2 Å². The molecule has 0 aliphatic carbocycles. The van der Waals surface area contributed by atoms with Crippen molar-refractivity contribution in [1.29, 1.82) is 5.41 Å². The molecule has 0 spiro atoms. The van der Waals surface area contributed by atoms with Crippen molar-refractivity contribution in [1.82, 2.24) is 5.01 Å². The normalized spacial score (nSPS) is 16.1. The molecule has 2 aromatic carbocycles. The van der Waals surface area contributed by atoms with Crippen LogP contribution in [0.4, 0.5) is 13.2 Å². The number of nitrogens with one attached hydrogen (secondary N) is 1. The van der Waals surface area contributed by atoms with E-state index in [4.69, 9.17) is 19.6 Å². The zero-order valence-electron chi connectivity index (χ0n) is 22.1. The predicted octanol–water partition coefficient (Wildman–Crippen LogP) is 6.46. The quantitative estimate of drug-likeness (QED) is 0.231. The number of hydrogen-bond acceptors (Lipinski definition) is 7. The first-order valence-electron chi connectivity index (χ1n) is 12.8. The predicted molar refractivity (Wildman–Crippen MR) is 149 cm³/mol. The number of carbonyl (C=O) groups excluding carboxylic acids is 1. The Balaban J connectivity index is 1.34. The van der Waals surface area contributed by atoms with Gasteiger partial charge in [0.15, 0.2) is 17.3 Å². The summed E-state index contributed by atoms with van der Waals surface area (Å²) in [7, 11) is 1.46. The molecule has 8 nitrogen and oxygen atoms in total. The number of amidine groups is 2. The van der Waals surface area contributed by atoms with Crippen molar-refractivity contribution in [2.24, 2.45) is 10.1 Å². The Labute approximate surface area is 234 Å². The molecular formula is C28H29F3N4O4S. The largest absolute Gasteiger partial charge is 0.493 e. The number of alkyl halides is 3. The average Bonchev–Trinajstić information content (AvgIpc) is 3.37. The van der Waals surface area contributed by atoms with E-state index in [0.29, 0.717) is 28.7 Å². The zero-order valence-corrected chi connectivity index (χ0v) is 22.9. The summed E-state index contributed by atoms with van der Waals surface area (Å²) in [5.74, 6) is 0.237. The Morgan fingerprint density at radius 1 is 1.02 bits per heavy atom.